The highest BCUT2D eigenvalue weighted by molar-refractivity contribution is 6.02. The standard InChI is InChI=1S/C26H21N3O4/c30-24(28-21-12-14-22(15-13-21)29-26(32)23-7-4-16-33-23)17-27-25(31)20-10-8-19(9-11-20)18-5-2-1-3-6-18/h1-16H,17H2,(H,27,31)(H,28,30)(H,29,32). The smallest absolute Gasteiger partial charge is 0.291 e. The molecule has 3 N–H and O–H groups in total. The molecule has 164 valence electrons. The molecular weight excluding hydrogens is 418 g/mol. The summed E-state index contributed by atoms with van der Waals surface area (Å²) in [6, 6.07) is 26.9. The van der Waals surface area contributed by atoms with Crippen LogP contribution >= 0.6 is 0 Å². The van der Waals surface area contributed by atoms with Crippen LogP contribution < -0.4 is 16.0 Å². The highest BCUT2D eigenvalue weighted by atomic mass is 16.3. The Morgan fingerprint density at radius 3 is 1.91 bits per heavy atom. The van der Waals surface area contributed by atoms with Gasteiger partial charge in [-0.05, 0) is 59.7 Å². The van der Waals surface area contributed by atoms with E-state index < -0.39 is 0 Å². The number of carbonyl (C=O) groups excluding carboxylic acids is 3. The molecule has 0 saturated carbocycles. The van der Waals surface area contributed by atoms with Gasteiger partial charge >= 0.3 is 0 Å². The molecule has 1 heterocycles. The fourth-order valence-electron chi connectivity index (χ4n) is 3.15. The molecule has 1 aromatic heterocycles. The molecule has 0 aliphatic carbocycles. The van der Waals surface area contributed by atoms with Gasteiger partial charge in [0.2, 0.25) is 5.91 Å². The number of amides is 3. The highest BCUT2D eigenvalue weighted by Crippen LogP contribution is 2.19. The predicted octanol–water partition coefficient (Wildman–Crippen LogP) is 4.57. The van der Waals surface area contributed by atoms with Crippen LogP contribution in [0.1, 0.15) is 20.9 Å². The first kappa shape index (κ1) is 21.6. The van der Waals surface area contributed by atoms with Crippen molar-refractivity contribution in [3.63, 3.8) is 0 Å². The third kappa shape index (κ3) is 5.74. The lowest BCUT2D eigenvalue weighted by molar-refractivity contribution is -0.115. The quantitative estimate of drug-likeness (QED) is 0.393. The molecule has 0 fully saturated rings. The molecular formula is C26H21N3O4. The summed E-state index contributed by atoms with van der Waals surface area (Å²) >= 11 is 0. The van der Waals surface area contributed by atoms with Crippen molar-refractivity contribution in [2.24, 2.45) is 0 Å². The molecule has 0 unspecified atom stereocenters. The zero-order valence-corrected chi connectivity index (χ0v) is 17.6. The maximum absolute atomic E-state index is 12.4. The van der Waals surface area contributed by atoms with Crippen LogP contribution in [-0.2, 0) is 4.79 Å². The summed E-state index contributed by atoms with van der Waals surface area (Å²) < 4.78 is 5.04. The largest absolute Gasteiger partial charge is 0.459 e. The zero-order valence-electron chi connectivity index (χ0n) is 17.6. The third-order valence-corrected chi connectivity index (χ3v) is 4.84. The first-order valence-corrected chi connectivity index (χ1v) is 10.3. The molecule has 0 radical (unpaired) electrons. The molecule has 7 nitrogen and oxygen atoms in total. The van der Waals surface area contributed by atoms with Crippen LogP contribution in [0.25, 0.3) is 11.1 Å². The Labute approximate surface area is 190 Å². The number of rotatable bonds is 7. The topological polar surface area (TPSA) is 100 Å². The van der Waals surface area contributed by atoms with Crippen molar-refractivity contribution in [3.05, 3.63) is 109 Å². The molecule has 3 amide bonds. The summed E-state index contributed by atoms with van der Waals surface area (Å²) in [5, 5.41) is 8.01. The van der Waals surface area contributed by atoms with Gasteiger partial charge in [-0.1, -0.05) is 42.5 Å². The van der Waals surface area contributed by atoms with Crippen molar-refractivity contribution >= 4 is 29.1 Å². The fourth-order valence-corrected chi connectivity index (χ4v) is 3.15. The summed E-state index contributed by atoms with van der Waals surface area (Å²) in [6.45, 7) is -0.170. The van der Waals surface area contributed by atoms with Crippen molar-refractivity contribution in [1.29, 1.82) is 0 Å². The van der Waals surface area contributed by atoms with E-state index in [4.69, 9.17) is 4.42 Å². The fraction of sp³-hybridized carbons (Fsp3) is 0.0385. The molecule has 3 aromatic carbocycles. The lowest BCUT2D eigenvalue weighted by atomic mass is 10.0. The van der Waals surface area contributed by atoms with Crippen LogP contribution in [0.15, 0.2) is 102 Å². The number of benzene rings is 3. The Hall–Kier alpha value is -4.65. The number of hydrogen-bond donors (Lipinski definition) is 3. The van der Waals surface area contributed by atoms with Gasteiger partial charge in [-0.2, -0.15) is 0 Å². The van der Waals surface area contributed by atoms with Crippen molar-refractivity contribution in [2.75, 3.05) is 17.2 Å². The Bertz CT molecular complexity index is 1230. The van der Waals surface area contributed by atoms with Gasteiger partial charge < -0.3 is 20.4 Å². The molecule has 0 spiro atoms. The number of carbonyl (C=O) groups is 3. The van der Waals surface area contributed by atoms with Crippen LogP contribution in [-0.4, -0.2) is 24.3 Å². The van der Waals surface area contributed by atoms with E-state index in [1.807, 2.05) is 42.5 Å². The monoisotopic (exact) mass is 439 g/mol. The van der Waals surface area contributed by atoms with E-state index >= 15 is 0 Å². The van der Waals surface area contributed by atoms with E-state index in [2.05, 4.69) is 16.0 Å². The highest BCUT2D eigenvalue weighted by Gasteiger charge is 2.10. The number of anilines is 2. The summed E-state index contributed by atoms with van der Waals surface area (Å²) in [4.78, 5) is 36.5. The van der Waals surface area contributed by atoms with E-state index in [0.29, 0.717) is 16.9 Å². The van der Waals surface area contributed by atoms with Gasteiger partial charge in [0, 0.05) is 16.9 Å². The average molecular weight is 439 g/mol. The van der Waals surface area contributed by atoms with E-state index in [-0.39, 0.29) is 30.0 Å². The normalized spacial score (nSPS) is 10.3. The molecule has 0 atom stereocenters. The van der Waals surface area contributed by atoms with Crippen molar-refractivity contribution in [1.82, 2.24) is 5.32 Å². The van der Waals surface area contributed by atoms with Crippen LogP contribution in [0.3, 0.4) is 0 Å². The SMILES string of the molecule is O=C(CNC(=O)c1ccc(-c2ccccc2)cc1)Nc1ccc(NC(=O)c2ccco2)cc1. The Kier molecular flexibility index (Phi) is 6.61. The number of hydrogen-bond acceptors (Lipinski definition) is 4. The van der Waals surface area contributed by atoms with Gasteiger partial charge in [-0.25, -0.2) is 0 Å². The second kappa shape index (κ2) is 10.1. The van der Waals surface area contributed by atoms with Gasteiger partial charge in [0.25, 0.3) is 11.8 Å². The summed E-state index contributed by atoms with van der Waals surface area (Å²) in [7, 11) is 0. The lowest BCUT2D eigenvalue weighted by Crippen LogP contribution is -2.32. The van der Waals surface area contributed by atoms with Crippen molar-refractivity contribution < 1.29 is 18.8 Å². The van der Waals surface area contributed by atoms with E-state index in [9.17, 15) is 14.4 Å². The third-order valence-electron chi connectivity index (χ3n) is 4.84. The van der Waals surface area contributed by atoms with Gasteiger partial charge in [-0.15, -0.1) is 0 Å². The predicted molar refractivity (Wildman–Crippen MR) is 126 cm³/mol. The summed E-state index contributed by atoms with van der Waals surface area (Å²) in [5.41, 5.74) is 3.64. The molecule has 4 aromatic rings. The molecule has 4 rings (SSSR count). The first-order valence-electron chi connectivity index (χ1n) is 10.3. The summed E-state index contributed by atoms with van der Waals surface area (Å²) in [6.07, 6.45) is 1.42. The summed E-state index contributed by atoms with van der Waals surface area (Å²) in [5.74, 6) is -0.855. The molecule has 0 saturated heterocycles. The first-order chi connectivity index (χ1) is 16.1. The van der Waals surface area contributed by atoms with E-state index in [1.165, 1.54) is 6.26 Å². The van der Waals surface area contributed by atoms with Gasteiger partial charge in [0.05, 0.1) is 12.8 Å². The van der Waals surface area contributed by atoms with Gasteiger partial charge in [-0.3, -0.25) is 14.4 Å². The molecule has 7 heteroatoms. The van der Waals surface area contributed by atoms with Crippen LogP contribution in [0, 0.1) is 0 Å². The molecule has 0 aliphatic rings. The van der Waals surface area contributed by atoms with Crippen molar-refractivity contribution in [3.8, 4) is 11.1 Å². The maximum Gasteiger partial charge on any atom is 0.291 e. The second-order valence-corrected chi connectivity index (χ2v) is 7.18. The molecule has 33 heavy (non-hydrogen) atoms. The van der Waals surface area contributed by atoms with Crippen LogP contribution in [0.5, 0.6) is 0 Å². The van der Waals surface area contributed by atoms with E-state index in [1.54, 1.807) is 48.5 Å². The van der Waals surface area contributed by atoms with Gasteiger partial charge in [0.1, 0.15) is 0 Å². The Morgan fingerprint density at radius 2 is 1.27 bits per heavy atom. The van der Waals surface area contributed by atoms with Crippen LogP contribution in [0.2, 0.25) is 0 Å². The molecule has 0 bridgehead atoms. The van der Waals surface area contributed by atoms with E-state index in [0.717, 1.165) is 11.1 Å². The average Bonchev–Trinajstić information content (AvgIpc) is 3.40. The number of furan rings is 1. The Balaban J connectivity index is 1.26. The minimum atomic E-state index is -0.365. The number of nitrogens with one attached hydrogen (secondary N) is 3. The van der Waals surface area contributed by atoms with Gasteiger partial charge in [0.15, 0.2) is 5.76 Å². The van der Waals surface area contributed by atoms with Crippen LogP contribution in [0.4, 0.5) is 11.4 Å². The lowest BCUT2D eigenvalue weighted by Gasteiger charge is -2.09. The minimum Gasteiger partial charge on any atom is -0.459 e. The maximum atomic E-state index is 12.4. The minimum absolute atomic E-state index is 0.170. The second-order valence-electron chi connectivity index (χ2n) is 7.18. The Morgan fingerprint density at radius 1 is 0.636 bits per heavy atom. The van der Waals surface area contributed by atoms with Crippen molar-refractivity contribution in [2.45, 2.75) is 0 Å². The zero-order chi connectivity index (χ0) is 23.0. The molecule has 0 aliphatic heterocycles.